The van der Waals surface area contributed by atoms with Crippen LogP contribution in [0.5, 0.6) is 11.5 Å². The molecule has 0 saturated carbocycles. The summed E-state index contributed by atoms with van der Waals surface area (Å²) in [6, 6.07) is 8.00. The molecule has 0 saturated heterocycles. The van der Waals surface area contributed by atoms with Gasteiger partial charge in [-0.05, 0) is 50.1 Å². The number of para-hydroxylation sites is 1. The lowest BCUT2D eigenvalue weighted by atomic mass is 10.1. The fourth-order valence-electron chi connectivity index (χ4n) is 2.07. The summed E-state index contributed by atoms with van der Waals surface area (Å²) in [6.07, 6.45) is 0. The zero-order valence-corrected chi connectivity index (χ0v) is 12.5. The van der Waals surface area contributed by atoms with Gasteiger partial charge in [0, 0.05) is 16.6 Å². The fraction of sp³-hybridized carbons (Fsp3) is 0.250. The minimum atomic E-state index is -0.426. The van der Waals surface area contributed by atoms with Crippen LogP contribution in [0.4, 0.5) is 4.39 Å². The smallest absolute Gasteiger partial charge is 0.167 e. The van der Waals surface area contributed by atoms with Gasteiger partial charge in [0.1, 0.15) is 5.75 Å². The largest absolute Gasteiger partial charge is 0.454 e. The van der Waals surface area contributed by atoms with Crippen molar-refractivity contribution in [3.63, 3.8) is 0 Å². The van der Waals surface area contributed by atoms with Crippen LogP contribution in [0.2, 0.25) is 5.02 Å². The Labute approximate surface area is 123 Å². The second kappa shape index (κ2) is 5.81. The van der Waals surface area contributed by atoms with E-state index in [0.717, 1.165) is 11.1 Å². The molecule has 106 valence electrons. The first-order valence-electron chi connectivity index (χ1n) is 6.38. The van der Waals surface area contributed by atoms with Crippen molar-refractivity contribution in [2.75, 3.05) is 0 Å². The minimum absolute atomic E-state index is 0.170. The molecule has 0 heterocycles. The number of aryl methyl sites for hydroxylation is 2. The molecule has 0 aliphatic heterocycles. The van der Waals surface area contributed by atoms with E-state index in [2.05, 4.69) is 0 Å². The molecular weight excluding hydrogens is 277 g/mol. The number of nitrogens with two attached hydrogens (primary N) is 1. The molecule has 2 rings (SSSR count). The Morgan fingerprint density at radius 3 is 2.35 bits per heavy atom. The van der Waals surface area contributed by atoms with Gasteiger partial charge in [0.2, 0.25) is 0 Å². The molecule has 0 spiro atoms. The van der Waals surface area contributed by atoms with Crippen molar-refractivity contribution in [3.05, 3.63) is 57.9 Å². The van der Waals surface area contributed by atoms with Crippen molar-refractivity contribution in [1.29, 1.82) is 0 Å². The summed E-state index contributed by atoms with van der Waals surface area (Å²) in [5.74, 6) is 0.296. The van der Waals surface area contributed by atoms with Crippen molar-refractivity contribution in [2.24, 2.45) is 5.73 Å². The molecule has 0 aliphatic carbocycles. The van der Waals surface area contributed by atoms with Gasteiger partial charge in [-0.25, -0.2) is 4.39 Å². The lowest BCUT2D eigenvalue weighted by Crippen LogP contribution is -2.07. The van der Waals surface area contributed by atoms with Crippen LogP contribution in [0.1, 0.15) is 29.7 Å². The molecule has 2 aromatic carbocycles. The van der Waals surface area contributed by atoms with E-state index in [1.165, 1.54) is 6.07 Å². The molecule has 0 fully saturated rings. The Morgan fingerprint density at radius 1 is 1.20 bits per heavy atom. The van der Waals surface area contributed by atoms with Crippen molar-refractivity contribution in [2.45, 2.75) is 26.8 Å². The third-order valence-corrected chi connectivity index (χ3v) is 3.71. The molecule has 0 aliphatic rings. The maximum atomic E-state index is 14.0. The fourth-order valence-corrected chi connectivity index (χ4v) is 2.18. The van der Waals surface area contributed by atoms with E-state index in [0.29, 0.717) is 16.3 Å². The van der Waals surface area contributed by atoms with Gasteiger partial charge in [0.15, 0.2) is 11.6 Å². The molecule has 4 heteroatoms. The minimum Gasteiger partial charge on any atom is -0.454 e. The summed E-state index contributed by atoms with van der Waals surface area (Å²) in [5, 5.41) is 0.693. The van der Waals surface area contributed by atoms with Crippen LogP contribution in [-0.2, 0) is 0 Å². The van der Waals surface area contributed by atoms with Crippen molar-refractivity contribution < 1.29 is 9.13 Å². The standard InChI is InChI=1S/C16H17ClFNO/c1-9-7-12(8-10(2)15(9)17)20-16-13(11(3)19)5-4-6-14(16)18/h4-8,11H,19H2,1-3H3/t11-/m0/s1. The number of hydrogen-bond acceptors (Lipinski definition) is 2. The van der Waals surface area contributed by atoms with E-state index in [9.17, 15) is 4.39 Å². The third-order valence-electron chi connectivity index (χ3n) is 3.12. The second-order valence-corrected chi connectivity index (χ2v) is 5.30. The van der Waals surface area contributed by atoms with Crippen LogP contribution in [0.25, 0.3) is 0 Å². The van der Waals surface area contributed by atoms with E-state index in [-0.39, 0.29) is 11.8 Å². The first-order chi connectivity index (χ1) is 9.40. The molecule has 2 nitrogen and oxygen atoms in total. The average molecular weight is 294 g/mol. The molecule has 20 heavy (non-hydrogen) atoms. The highest BCUT2D eigenvalue weighted by atomic mass is 35.5. The zero-order valence-electron chi connectivity index (χ0n) is 11.7. The van der Waals surface area contributed by atoms with Crippen LogP contribution < -0.4 is 10.5 Å². The molecule has 0 bridgehead atoms. The van der Waals surface area contributed by atoms with Gasteiger partial charge in [0.25, 0.3) is 0 Å². The summed E-state index contributed by atoms with van der Waals surface area (Å²) < 4.78 is 19.7. The summed E-state index contributed by atoms with van der Waals surface area (Å²) in [5.41, 5.74) is 8.27. The topological polar surface area (TPSA) is 35.2 Å². The van der Waals surface area contributed by atoms with Crippen LogP contribution in [-0.4, -0.2) is 0 Å². The van der Waals surface area contributed by atoms with Gasteiger partial charge in [-0.2, -0.15) is 0 Å². The molecule has 2 aromatic rings. The summed E-state index contributed by atoms with van der Waals surface area (Å²) in [6.45, 7) is 5.56. The quantitative estimate of drug-likeness (QED) is 0.873. The van der Waals surface area contributed by atoms with Gasteiger partial charge in [-0.1, -0.05) is 23.7 Å². The van der Waals surface area contributed by atoms with Crippen LogP contribution >= 0.6 is 11.6 Å². The Morgan fingerprint density at radius 2 is 1.80 bits per heavy atom. The first-order valence-corrected chi connectivity index (χ1v) is 6.76. The molecule has 0 radical (unpaired) electrons. The Bertz CT molecular complexity index is 617. The highest BCUT2D eigenvalue weighted by Gasteiger charge is 2.14. The molecular formula is C16H17ClFNO. The lowest BCUT2D eigenvalue weighted by molar-refractivity contribution is 0.432. The maximum absolute atomic E-state index is 14.0. The van der Waals surface area contributed by atoms with Gasteiger partial charge in [-0.3, -0.25) is 0 Å². The van der Waals surface area contributed by atoms with Crippen molar-refractivity contribution in [3.8, 4) is 11.5 Å². The van der Waals surface area contributed by atoms with Crippen LogP contribution in [0.3, 0.4) is 0 Å². The Balaban J connectivity index is 2.45. The van der Waals surface area contributed by atoms with Crippen LogP contribution in [0.15, 0.2) is 30.3 Å². The number of hydrogen-bond donors (Lipinski definition) is 1. The number of benzene rings is 2. The zero-order chi connectivity index (χ0) is 14.9. The van der Waals surface area contributed by atoms with Gasteiger partial charge >= 0.3 is 0 Å². The van der Waals surface area contributed by atoms with Crippen molar-refractivity contribution in [1.82, 2.24) is 0 Å². The first kappa shape index (κ1) is 14.8. The Hall–Kier alpha value is -1.58. The third kappa shape index (κ3) is 2.94. The molecule has 0 unspecified atom stereocenters. The highest BCUT2D eigenvalue weighted by Crippen LogP contribution is 2.34. The van der Waals surface area contributed by atoms with E-state index < -0.39 is 5.82 Å². The average Bonchev–Trinajstić information content (AvgIpc) is 2.38. The van der Waals surface area contributed by atoms with Gasteiger partial charge in [0.05, 0.1) is 0 Å². The molecule has 0 aromatic heterocycles. The van der Waals surface area contributed by atoms with Gasteiger partial charge in [-0.15, -0.1) is 0 Å². The Kier molecular flexibility index (Phi) is 4.31. The predicted octanol–water partition coefficient (Wildman–Crippen LogP) is 4.91. The van der Waals surface area contributed by atoms with Crippen molar-refractivity contribution >= 4 is 11.6 Å². The highest BCUT2D eigenvalue weighted by molar-refractivity contribution is 6.32. The monoisotopic (exact) mass is 293 g/mol. The van der Waals surface area contributed by atoms with Crippen LogP contribution in [0, 0.1) is 19.7 Å². The molecule has 0 amide bonds. The number of ether oxygens (including phenoxy) is 1. The van der Waals surface area contributed by atoms with E-state index in [1.807, 2.05) is 13.8 Å². The lowest BCUT2D eigenvalue weighted by Gasteiger charge is -2.15. The summed E-state index contributed by atoms with van der Waals surface area (Å²) in [7, 11) is 0. The number of rotatable bonds is 3. The summed E-state index contributed by atoms with van der Waals surface area (Å²) in [4.78, 5) is 0. The van der Waals surface area contributed by atoms with E-state index in [4.69, 9.17) is 22.1 Å². The SMILES string of the molecule is Cc1cc(Oc2c(F)cccc2[C@H](C)N)cc(C)c1Cl. The summed E-state index contributed by atoms with van der Waals surface area (Å²) >= 11 is 6.12. The van der Waals surface area contributed by atoms with E-state index >= 15 is 0 Å². The second-order valence-electron chi connectivity index (χ2n) is 4.92. The molecule has 1 atom stereocenters. The van der Waals surface area contributed by atoms with E-state index in [1.54, 1.807) is 31.2 Å². The van der Waals surface area contributed by atoms with Gasteiger partial charge < -0.3 is 10.5 Å². The molecule has 2 N–H and O–H groups in total. The normalized spacial score (nSPS) is 12.3. The predicted molar refractivity (Wildman–Crippen MR) is 80.0 cm³/mol. The maximum Gasteiger partial charge on any atom is 0.167 e. The number of halogens is 2.